The number of nitrogens with zero attached hydrogens (tertiary/aromatic N) is 1. The molecule has 1 heterocycles. The molecule has 1 unspecified atom stereocenters. The van der Waals surface area contributed by atoms with E-state index in [1.807, 2.05) is 0 Å². The number of hydrogen-bond donors (Lipinski definition) is 2. The van der Waals surface area contributed by atoms with Crippen LogP contribution in [0.1, 0.15) is 25.7 Å². The molecule has 0 aromatic heterocycles. The van der Waals surface area contributed by atoms with Gasteiger partial charge >= 0.3 is 0 Å². The van der Waals surface area contributed by atoms with Crippen molar-refractivity contribution in [2.75, 3.05) is 13.2 Å². The Morgan fingerprint density at radius 2 is 2.17 bits per heavy atom. The average molecular weight is 170 g/mol. The van der Waals surface area contributed by atoms with Crippen molar-refractivity contribution in [1.29, 1.82) is 0 Å². The molecule has 0 bridgehead atoms. The molecule has 3 heteroatoms. The fraction of sp³-hybridized carbons (Fsp3) is 1.00. The molecule has 12 heavy (non-hydrogen) atoms. The minimum absolute atomic E-state index is 0.325. The van der Waals surface area contributed by atoms with Gasteiger partial charge < -0.3 is 10.8 Å². The van der Waals surface area contributed by atoms with Crippen molar-refractivity contribution >= 4 is 0 Å². The van der Waals surface area contributed by atoms with Gasteiger partial charge in [-0.05, 0) is 32.2 Å². The third-order valence-corrected chi connectivity index (χ3v) is 3.25. The van der Waals surface area contributed by atoms with Gasteiger partial charge in [-0.2, -0.15) is 0 Å². The van der Waals surface area contributed by atoms with Crippen LogP contribution in [0.15, 0.2) is 0 Å². The lowest BCUT2D eigenvalue weighted by Gasteiger charge is -2.41. The van der Waals surface area contributed by atoms with Crippen molar-refractivity contribution < 1.29 is 5.11 Å². The molecule has 2 rings (SSSR count). The highest BCUT2D eigenvalue weighted by Crippen LogP contribution is 2.30. The minimum atomic E-state index is 0.325. The van der Waals surface area contributed by atoms with E-state index in [-0.39, 0.29) is 0 Å². The molecule has 3 N–H and O–H groups in total. The van der Waals surface area contributed by atoms with Gasteiger partial charge in [0.15, 0.2) is 0 Å². The summed E-state index contributed by atoms with van der Waals surface area (Å²) < 4.78 is 0. The van der Waals surface area contributed by atoms with Crippen LogP contribution in [-0.2, 0) is 0 Å². The number of aliphatic hydroxyl groups is 1. The molecule has 0 amide bonds. The van der Waals surface area contributed by atoms with E-state index < -0.39 is 0 Å². The molecule has 0 spiro atoms. The monoisotopic (exact) mass is 170 g/mol. The van der Waals surface area contributed by atoms with Crippen LogP contribution in [0.4, 0.5) is 0 Å². The Morgan fingerprint density at radius 3 is 2.75 bits per heavy atom. The molecule has 1 saturated heterocycles. The van der Waals surface area contributed by atoms with Gasteiger partial charge in [-0.3, -0.25) is 4.90 Å². The predicted octanol–water partition coefficient (Wildman–Crippen LogP) is -0.0672. The zero-order chi connectivity index (χ0) is 8.55. The summed E-state index contributed by atoms with van der Waals surface area (Å²) in [6.07, 6.45) is 4.69. The average Bonchev–Trinajstić information content (AvgIpc) is 2.45. The van der Waals surface area contributed by atoms with Gasteiger partial charge in [-0.15, -0.1) is 0 Å². The molecule has 0 radical (unpaired) electrons. The number of hydrogen-bond acceptors (Lipinski definition) is 3. The summed E-state index contributed by atoms with van der Waals surface area (Å²) >= 11 is 0. The molecular formula is C9H18N2O. The van der Waals surface area contributed by atoms with Crippen LogP contribution in [-0.4, -0.2) is 41.3 Å². The minimum Gasteiger partial charge on any atom is -0.395 e. The van der Waals surface area contributed by atoms with Gasteiger partial charge in [0, 0.05) is 18.1 Å². The zero-order valence-corrected chi connectivity index (χ0v) is 7.45. The summed E-state index contributed by atoms with van der Waals surface area (Å²) in [6.45, 7) is 1.49. The highest BCUT2D eigenvalue weighted by Gasteiger charge is 2.36. The standard InChI is InChI=1S/C9H18N2O/c10-7-4-9(5-7)11-3-1-2-8(11)6-12/h7-9,12H,1-6,10H2. The molecule has 1 aliphatic carbocycles. The van der Waals surface area contributed by atoms with Crippen LogP contribution in [0.25, 0.3) is 0 Å². The second kappa shape index (κ2) is 3.32. The molecule has 3 nitrogen and oxygen atoms in total. The van der Waals surface area contributed by atoms with E-state index in [1.165, 1.54) is 19.4 Å². The van der Waals surface area contributed by atoms with Crippen LogP contribution in [0.2, 0.25) is 0 Å². The van der Waals surface area contributed by atoms with Gasteiger partial charge in [-0.1, -0.05) is 0 Å². The first-order valence-electron chi connectivity index (χ1n) is 4.93. The molecule has 2 aliphatic rings. The molecule has 1 atom stereocenters. The van der Waals surface area contributed by atoms with E-state index in [9.17, 15) is 0 Å². The number of aliphatic hydroxyl groups excluding tert-OH is 1. The first kappa shape index (κ1) is 8.48. The molecule has 70 valence electrons. The van der Waals surface area contributed by atoms with Crippen LogP contribution in [0.5, 0.6) is 0 Å². The van der Waals surface area contributed by atoms with E-state index in [4.69, 9.17) is 10.8 Å². The van der Waals surface area contributed by atoms with Gasteiger partial charge in [0.1, 0.15) is 0 Å². The summed E-state index contributed by atoms with van der Waals surface area (Å²) in [5, 5.41) is 9.10. The second-order valence-corrected chi connectivity index (χ2v) is 4.10. The van der Waals surface area contributed by atoms with Crippen molar-refractivity contribution in [2.24, 2.45) is 5.73 Å². The van der Waals surface area contributed by atoms with E-state index in [0.717, 1.165) is 12.8 Å². The Bertz CT molecular complexity index is 157. The highest BCUT2D eigenvalue weighted by atomic mass is 16.3. The lowest BCUT2D eigenvalue weighted by atomic mass is 9.86. The van der Waals surface area contributed by atoms with Crippen molar-refractivity contribution in [3.05, 3.63) is 0 Å². The molecule has 0 aromatic carbocycles. The van der Waals surface area contributed by atoms with Crippen molar-refractivity contribution in [2.45, 2.75) is 43.8 Å². The molecule has 0 aromatic rings. The smallest absolute Gasteiger partial charge is 0.0586 e. The number of nitrogens with two attached hydrogens (primary N) is 1. The van der Waals surface area contributed by atoms with Gasteiger partial charge in [-0.25, -0.2) is 0 Å². The fourth-order valence-electron chi connectivity index (χ4n) is 2.44. The maximum atomic E-state index is 9.10. The largest absolute Gasteiger partial charge is 0.395 e. The highest BCUT2D eigenvalue weighted by molar-refractivity contribution is 4.94. The first-order chi connectivity index (χ1) is 5.81. The van der Waals surface area contributed by atoms with Crippen LogP contribution >= 0.6 is 0 Å². The van der Waals surface area contributed by atoms with Crippen molar-refractivity contribution in [3.8, 4) is 0 Å². The Kier molecular flexibility index (Phi) is 2.35. The van der Waals surface area contributed by atoms with Crippen LogP contribution < -0.4 is 5.73 Å². The third-order valence-electron chi connectivity index (χ3n) is 3.25. The first-order valence-corrected chi connectivity index (χ1v) is 4.93. The molecule has 2 fully saturated rings. The van der Waals surface area contributed by atoms with Gasteiger partial charge in [0.2, 0.25) is 0 Å². The second-order valence-electron chi connectivity index (χ2n) is 4.10. The maximum Gasteiger partial charge on any atom is 0.0586 e. The summed E-state index contributed by atoms with van der Waals surface area (Å²) in [6, 6.07) is 1.54. The lowest BCUT2D eigenvalue weighted by Crippen LogP contribution is -2.52. The molecule has 1 saturated carbocycles. The lowest BCUT2D eigenvalue weighted by molar-refractivity contribution is 0.0677. The van der Waals surface area contributed by atoms with E-state index >= 15 is 0 Å². The number of likely N-dealkylation sites (tertiary alicyclic amines) is 1. The quantitative estimate of drug-likeness (QED) is 0.610. The maximum absolute atomic E-state index is 9.10. The van der Waals surface area contributed by atoms with Crippen molar-refractivity contribution in [1.82, 2.24) is 4.90 Å². The summed E-state index contributed by atoms with van der Waals surface area (Å²) in [7, 11) is 0. The zero-order valence-electron chi connectivity index (χ0n) is 7.45. The SMILES string of the molecule is NC1CC(N2CCCC2CO)C1. The number of rotatable bonds is 2. The summed E-state index contributed by atoms with van der Waals surface area (Å²) in [5.74, 6) is 0. The third kappa shape index (κ3) is 1.37. The Labute approximate surface area is 73.5 Å². The molecule has 1 aliphatic heterocycles. The Hall–Kier alpha value is -0.120. The fourth-order valence-corrected chi connectivity index (χ4v) is 2.44. The molecular weight excluding hydrogens is 152 g/mol. The van der Waals surface area contributed by atoms with Crippen molar-refractivity contribution in [3.63, 3.8) is 0 Å². The van der Waals surface area contributed by atoms with E-state index in [2.05, 4.69) is 4.90 Å². The normalized spacial score (nSPS) is 43.0. The van der Waals surface area contributed by atoms with E-state index in [0.29, 0.717) is 24.7 Å². The van der Waals surface area contributed by atoms with E-state index in [1.54, 1.807) is 0 Å². The summed E-state index contributed by atoms with van der Waals surface area (Å²) in [4.78, 5) is 2.45. The van der Waals surface area contributed by atoms with Crippen LogP contribution in [0, 0.1) is 0 Å². The van der Waals surface area contributed by atoms with Gasteiger partial charge in [0.05, 0.1) is 6.61 Å². The predicted molar refractivity (Wildman–Crippen MR) is 47.8 cm³/mol. The topological polar surface area (TPSA) is 49.5 Å². The Balaban J connectivity index is 1.86. The summed E-state index contributed by atoms with van der Waals surface area (Å²) in [5.41, 5.74) is 5.73. The van der Waals surface area contributed by atoms with Gasteiger partial charge in [0.25, 0.3) is 0 Å². The van der Waals surface area contributed by atoms with Crippen LogP contribution in [0.3, 0.4) is 0 Å². The Morgan fingerprint density at radius 1 is 1.42 bits per heavy atom.